The normalized spacial score (nSPS) is 20.9. The van der Waals surface area contributed by atoms with Crippen molar-refractivity contribution in [2.45, 2.75) is 25.4 Å². The second kappa shape index (κ2) is 6.56. The van der Waals surface area contributed by atoms with Crippen molar-refractivity contribution in [3.05, 3.63) is 36.4 Å². The molecule has 128 valence electrons. The molecule has 0 saturated carbocycles. The number of anilines is 1. The Kier molecular flexibility index (Phi) is 4.48. The molecule has 1 aliphatic heterocycles. The van der Waals surface area contributed by atoms with Crippen LogP contribution in [0.3, 0.4) is 0 Å². The van der Waals surface area contributed by atoms with Crippen LogP contribution in [0, 0.1) is 6.92 Å². The van der Waals surface area contributed by atoms with E-state index in [4.69, 9.17) is 4.42 Å². The van der Waals surface area contributed by atoms with Crippen LogP contribution in [0.1, 0.15) is 29.1 Å². The zero-order valence-corrected chi connectivity index (χ0v) is 13.8. The van der Waals surface area contributed by atoms with E-state index in [-0.39, 0.29) is 18.2 Å². The molecule has 1 fully saturated rings. The number of rotatable bonds is 4. The average Bonchev–Trinajstić information content (AvgIpc) is 3.00. The third-order valence-electron chi connectivity index (χ3n) is 4.25. The van der Waals surface area contributed by atoms with Gasteiger partial charge in [-0.2, -0.15) is 0 Å². The lowest BCUT2D eigenvalue weighted by atomic mass is 9.92. The third-order valence-corrected chi connectivity index (χ3v) is 4.25. The third kappa shape index (κ3) is 3.38. The Labute approximate surface area is 140 Å². The molecule has 0 unspecified atom stereocenters. The number of hydrogen-bond acceptors (Lipinski definition) is 7. The van der Waals surface area contributed by atoms with Crippen LogP contribution in [-0.4, -0.2) is 63.1 Å². The fourth-order valence-electron chi connectivity index (χ4n) is 3.09. The van der Waals surface area contributed by atoms with Crippen LogP contribution in [0.25, 0.3) is 0 Å². The van der Waals surface area contributed by atoms with Gasteiger partial charge >= 0.3 is 0 Å². The van der Waals surface area contributed by atoms with Gasteiger partial charge in [0.25, 0.3) is 5.91 Å². The number of amides is 1. The highest BCUT2D eigenvalue weighted by molar-refractivity contribution is 5.92. The quantitative estimate of drug-likeness (QED) is 0.888. The molecule has 0 aromatic carbocycles. The fourth-order valence-corrected chi connectivity index (χ4v) is 3.09. The minimum Gasteiger partial charge on any atom is -0.438 e. The Morgan fingerprint density at radius 2 is 2.29 bits per heavy atom. The highest BCUT2D eigenvalue weighted by Gasteiger charge is 2.36. The van der Waals surface area contributed by atoms with Crippen molar-refractivity contribution >= 4 is 11.7 Å². The van der Waals surface area contributed by atoms with Crippen molar-refractivity contribution in [3.63, 3.8) is 0 Å². The van der Waals surface area contributed by atoms with Gasteiger partial charge in [0.1, 0.15) is 5.82 Å². The number of carbonyl (C=O) groups is 1. The molecule has 1 atom stereocenters. The van der Waals surface area contributed by atoms with Crippen molar-refractivity contribution in [2.75, 3.05) is 31.6 Å². The summed E-state index contributed by atoms with van der Waals surface area (Å²) in [6.07, 6.45) is 7.62. The predicted octanol–water partition coefficient (Wildman–Crippen LogP) is 0.877. The molecule has 24 heavy (non-hydrogen) atoms. The maximum Gasteiger partial charge on any atom is 0.291 e. The smallest absolute Gasteiger partial charge is 0.291 e. The molecule has 8 heteroatoms. The Balaban J connectivity index is 1.69. The highest BCUT2D eigenvalue weighted by atomic mass is 16.4. The van der Waals surface area contributed by atoms with Gasteiger partial charge in [-0.3, -0.25) is 9.78 Å². The first-order valence-electron chi connectivity index (χ1n) is 7.87. The minimum atomic E-state index is -1.01. The van der Waals surface area contributed by atoms with E-state index in [1.165, 1.54) is 11.3 Å². The van der Waals surface area contributed by atoms with E-state index in [9.17, 15) is 9.90 Å². The number of carbonyl (C=O) groups excluding carboxylic acids is 1. The molecule has 2 aromatic rings. The lowest BCUT2D eigenvalue weighted by molar-refractivity contribution is -0.000908. The number of nitrogens with zero attached hydrogens (tertiary/aromatic N) is 5. The van der Waals surface area contributed by atoms with Crippen LogP contribution in [-0.2, 0) is 0 Å². The minimum absolute atomic E-state index is 0.211. The van der Waals surface area contributed by atoms with Gasteiger partial charge in [0.2, 0.25) is 5.76 Å². The fraction of sp³-hybridized carbons (Fsp3) is 0.500. The lowest BCUT2D eigenvalue weighted by Gasteiger charge is -2.41. The molecule has 1 aliphatic rings. The van der Waals surface area contributed by atoms with Gasteiger partial charge in [0.15, 0.2) is 6.39 Å². The van der Waals surface area contributed by atoms with Crippen molar-refractivity contribution in [3.8, 4) is 0 Å². The van der Waals surface area contributed by atoms with Gasteiger partial charge < -0.3 is 19.3 Å². The summed E-state index contributed by atoms with van der Waals surface area (Å²) >= 11 is 0. The number of piperidine rings is 1. The number of aryl methyl sites for hydroxylation is 1. The first-order chi connectivity index (χ1) is 11.5. The number of aliphatic hydroxyl groups is 1. The largest absolute Gasteiger partial charge is 0.438 e. The zero-order chi connectivity index (χ0) is 17.2. The summed E-state index contributed by atoms with van der Waals surface area (Å²) in [5.74, 6) is 0.661. The molecule has 1 N–H and O–H groups in total. The van der Waals surface area contributed by atoms with E-state index in [0.29, 0.717) is 18.7 Å². The van der Waals surface area contributed by atoms with E-state index >= 15 is 0 Å². The summed E-state index contributed by atoms with van der Waals surface area (Å²) in [4.78, 5) is 28.2. The number of likely N-dealkylation sites (N-methyl/N-ethyl adjacent to an activating group) is 1. The van der Waals surface area contributed by atoms with Crippen LogP contribution in [0.2, 0.25) is 0 Å². The van der Waals surface area contributed by atoms with Gasteiger partial charge in [-0.1, -0.05) is 0 Å². The van der Waals surface area contributed by atoms with Crippen LogP contribution in [0.5, 0.6) is 0 Å². The lowest BCUT2D eigenvalue weighted by Crippen LogP contribution is -2.55. The standard InChI is InChI=1S/C16H21N5O3/c1-12-14(24-11-19-12)15(22)20(2)9-16(23)4-3-7-21(10-16)13-8-17-5-6-18-13/h5-6,8,11,23H,3-4,7,9-10H2,1-2H3/t16-/m0/s1. The second-order valence-corrected chi connectivity index (χ2v) is 6.24. The summed E-state index contributed by atoms with van der Waals surface area (Å²) in [6, 6.07) is 0. The summed E-state index contributed by atoms with van der Waals surface area (Å²) in [6.45, 7) is 3.14. The average molecular weight is 331 g/mol. The summed E-state index contributed by atoms with van der Waals surface area (Å²) in [5, 5.41) is 11.0. The van der Waals surface area contributed by atoms with Gasteiger partial charge in [0.05, 0.1) is 24.0 Å². The maximum absolute atomic E-state index is 12.4. The number of aromatic nitrogens is 3. The van der Waals surface area contributed by atoms with Crippen LogP contribution in [0.15, 0.2) is 29.4 Å². The Morgan fingerprint density at radius 1 is 1.46 bits per heavy atom. The van der Waals surface area contributed by atoms with Crippen LogP contribution in [0.4, 0.5) is 5.82 Å². The molecule has 1 amide bonds. The predicted molar refractivity (Wildman–Crippen MR) is 86.6 cm³/mol. The Bertz CT molecular complexity index is 705. The van der Waals surface area contributed by atoms with E-state index in [1.54, 1.807) is 32.6 Å². The van der Waals surface area contributed by atoms with E-state index in [0.717, 1.165) is 18.8 Å². The van der Waals surface area contributed by atoms with Crippen molar-refractivity contribution < 1.29 is 14.3 Å². The van der Waals surface area contributed by atoms with Crippen molar-refractivity contribution in [1.82, 2.24) is 19.9 Å². The summed E-state index contributed by atoms with van der Waals surface area (Å²) in [7, 11) is 1.66. The molecule has 0 bridgehead atoms. The molecular formula is C16H21N5O3. The molecule has 0 radical (unpaired) electrons. The molecule has 1 saturated heterocycles. The Morgan fingerprint density at radius 3 is 2.96 bits per heavy atom. The number of oxazole rings is 1. The van der Waals surface area contributed by atoms with Gasteiger partial charge in [-0.15, -0.1) is 0 Å². The monoisotopic (exact) mass is 331 g/mol. The Hall–Kier alpha value is -2.48. The second-order valence-electron chi connectivity index (χ2n) is 6.24. The van der Waals surface area contributed by atoms with E-state index in [2.05, 4.69) is 15.0 Å². The van der Waals surface area contributed by atoms with Crippen LogP contribution < -0.4 is 4.90 Å². The van der Waals surface area contributed by atoms with Gasteiger partial charge in [0, 0.05) is 32.5 Å². The number of hydrogen-bond donors (Lipinski definition) is 1. The molecule has 2 aromatic heterocycles. The summed E-state index contributed by atoms with van der Waals surface area (Å²) < 4.78 is 5.15. The van der Waals surface area contributed by atoms with Crippen LogP contribution >= 0.6 is 0 Å². The SMILES string of the molecule is Cc1ncoc1C(=O)N(C)C[C@@]1(O)CCCN(c2cnccn2)C1. The van der Waals surface area contributed by atoms with E-state index in [1.807, 2.05) is 4.90 Å². The molecule has 3 heterocycles. The molecule has 0 aliphatic carbocycles. The molecule has 8 nitrogen and oxygen atoms in total. The molecule has 3 rings (SSSR count). The first kappa shape index (κ1) is 16.4. The first-order valence-corrected chi connectivity index (χ1v) is 7.87. The zero-order valence-electron chi connectivity index (χ0n) is 13.8. The topological polar surface area (TPSA) is 95.6 Å². The highest BCUT2D eigenvalue weighted by Crippen LogP contribution is 2.25. The van der Waals surface area contributed by atoms with Gasteiger partial charge in [-0.25, -0.2) is 9.97 Å². The van der Waals surface area contributed by atoms with Crippen molar-refractivity contribution in [2.24, 2.45) is 0 Å². The maximum atomic E-state index is 12.4. The number of β-amino-alcohol motifs (C(OH)–C–C–N with tert-alkyl or cyclic N) is 1. The molecular weight excluding hydrogens is 310 g/mol. The van der Waals surface area contributed by atoms with Gasteiger partial charge in [-0.05, 0) is 19.8 Å². The molecule has 0 spiro atoms. The summed E-state index contributed by atoms with van der Waals surface area (Å²) in [5.41, 5.74) is -0.461. The van der Waals surface area contributed by atoms with E-state index < -0.39 is 5.60 Å². The van der Waals surface area contributed by atoms with Crippen molar-refractivity contribution in [1.29, 1.82) is 0 Å².